The highest BCUT2D eigenvalue weighted by molar-refractivity contribution is 5.88. The fraction of sp³-hybridized carbons (Fsp3) is 0.440. The van der Waals surface area contributed by atoms with Crippen molar-refractivity contribution >= 4 is 11.4 Å². The molecule has 5 rings (SSSR count). The fourth-order valence-electron chi connectivity index (χ4n) is 5.34. The van der Waals surface area contributed by atoms with Crippen LogP contribution in [-0.2, 0) is 21.4 Å². The van der Waals surface area contributed by atoms with E-state index in [-0.39, 0.29) is 17.6 Å². The van der Waals surface area contributed by atoms with E-state index in [1.807, 2.05) is 35.6 Å². The Balaban J connectivity index is 1.40. The Morgan fingerprint density at radius 2 is 2.06 bits per heavy atom. The van der Waals surface area contributed by atoms with Gasteiger partial charge in [0.1, 0.15) is 5.82 Å². The highest BCUT2D eigenvalue weighted by Crippen LogP contribution is 2.43. The molecule has 2 fully saturated rings. The van der Waals surface area contributed by atoms with Crippen LogP contribution in [0, 0.1) is 11.7 Å². The normalized spacial score (nSPS) is 21.3. The number of nitrogens with zero attached hydrogens (tertiary/aromatic N) is 3. The van der Waals surface area contributed by atoms with Crippen LogP contribution in [0.4, 0.5) is 4.39 Å². The SMILES string of the molecule is O=C(N1CCOC[C@@H](Cc2nccn3cccc23)C1)C1(c2cccc(F)c2)CCCC1. The Kier molecular flexibility index (Phi) is 5.48. The summed E-state index contributed by atoms with van der Waals surface area (Å²) < 4.78 is 22.0. The van der Waals surface area contributed by atoms with Crippen LogP contribution < -0.4 is 0 Å². The zero-order valence-electron chi connectivity index (χ0n) is 17.7. The molecule has 2 aliphatic rings. The lowest BCUT2D eigenvalue weighted by Gasteiger charge is -2.35. The van der Waals surface area contributed by atoms with Gasteiger partial charge in [0.15, 0.2) is 0 Å². The Labute approximate surface area is 181 Å². The molecular formula is C25H28FN3O2. The van der Waals surface area contributed by atoms with Crippen LogP contribution in [-0.4, -0.2) is 46.5 Å². The summed E-state index contributed by atoms with van der Waals surface area (Å²) in [6.07, 6.45) is 10.1. The van der Waals surface area contributed by atoms with Crippen molar-refractivity contribution in [1.82, 2.24) is 14.3 Å². The van der Waals surface area contributed by atoms with Gasteiger partial charge in [-0.1, -0.05) is 25.0 Å². The Morgan fingerprint density at radius 1 is 1.19 bits per heavy atom. The van der Waals surface area contributed by atoms with E-state index in [0.717, 1.165) is 48.9 Å². The van der Waals surface area contributed by atoms with Gasteiger partial charge < -0.3 is 14.0 Å². The number of rotatable bonds is 4. The minimum Gasteiger partial charge on any atom is -0.379 e. The molecule has 3 heterocycles. The molecule has 0 N–H and O–H groups in total. The monoisotopic (exact) mass is 421 g/mol. The van der Waals surface area contributed by atoms with E-state index in [4.69, 9.17) is 4.74 Å². The van der Waals surface area contributed by atoms with Crippen LogP contribution in [0.2, 0.25) is 0 Å². The van der Waals surface area contributed by atoms with Crippen molar-refractivity contribution in [3.05, 3.63) is 72.1 Å². The lowest BCUT2D eigenvalue weighted by molar-refractivity contribution is -0.137. The average Bonchev–Trinajstić information content (AvgIpc) is 3.41. The molecule has 1 saturated heterocycles. The van der Waals surface area contributed by atoms with Crippen LogP contribution >= 0.6 is 0 Å². The van der Waals surface area contributed by atoms with E-state index in [9.17, 15) is 9.18 Å². The number of carbonyl (C=O) groups excluding carboxylic acids is 1. The summed E-state index contributed by atoms with van der Waals surface area (Å²) in [7, 11) is 0. The smallest absolute Gasteiger partial charge is 0.233 e. The van der Waals surface area contributed by atoms with E-state index < -0.39 is 5.41 Å². The number of ether oxygens (including phenoxy) is 1. The lowest BCUT2D eigenvalue weighted by atomic mass is 9.77. The number of aromatic nitrogens is 2. The first-order valence-electron chi connectivity index (χ1n) is 11.2. The van der Waals surface area contributed by atoms with E-state index >= 15 is 0 Å². The quantitative estimate of drug-likeness (QED) is 0.640. The van der Waals surface area contributed by atoms with E-state index in [2.05, 4.69) is 15.5 Å². The molecule has 162 valence electrons. The summed E-state index contributed by atoms with van der Waals surface area (Å²) in [5, 5.41) is 0. The Morgan fingerprint density at radius 3 is 2.90 bits per heavy atom. The third-order valence-corrected chi connectivity index (χ3v) is 6.88. The minimum absolute atomic E-state index is 0.125. The molecular weight excluding hydrogens is 393 g/mol. The second kappa shape index (κ2) is 8.42. The van der Waals surface area contributed by atoms with Crippen molar-refractivity contribution in [1.29, 1.82) is 0 Å². The number of hydrogen-bond donors (Lipinski definition) is 0. The van der Waals surface area contributed by atoms with E-state index in [1.54, 1.807) is 12.1 Å². The number of amides is 1. The van der Waals surface area contributed by atoms with Crippen molar-refractivity contribution in [3.63, 3.8) is 0 Å². The molecule has 1 amide bonds. The maximum Gasteiger partial charge on any atom is 0.233 e. The summed E-state index contributed by atoms with van der Waals surface area (Å²) in [4.78, 5) is 20.4. The van der Waals surface area contributed by atoms with Gasteiger partial charge >= 0.3 is 0 Å². The molecule has 1 aliphatic heterocycles. The molecule has 6 heteroatoms. The molecule has 5 nitrogen and oxygen atoms in total. The number of carbonyl (C=O) groups is 1. The first-order valence-corrected chi connectivity index (χ1v) is 11.2. The Hall–Kier alpha value is -2.73. The predicted octanol–water partition coefficient (Wildman–Crippen LogP) is 4.00. The van der Waals surface area contributed by atoms with Gasteiger partial charge in [-0.3, -0.25) is 9.78 Å². The summed E-state index contributed by atoms with van der Waals surface area (Å²) in [6.45, 7) is 2.36. The molecule has 0 radical (unpaired) electrons. The van der Waals surface area contributed by atoms with Gasteiger partial charge in [0.25, 0.3) is 0 Å². The first-order chi connectivity index (χ1) is 15.2. The van der Waals surface area contributed by atoms with Gasteiger partial charge in [-0.15, -0.1) is 0 Å². The molecule has 0 unspecified atom stereocenters. The van der Waals surface area contributed by atoms with Crippen molar-refractivity contribution in [3.8, 4) is 0 Å². The molecule has 1 saturated carbocycles. The standard InChI is InChI=1S/C25H28FN3O2/c26-21-6-3-5-20(16-21)25(8-1-2-9-25)24(30)29-13-14-31-18-19(17-29)15-22-23-7-4-11-28(23)12-10-27-22/h3-7,10-12,16,19H,1-2,8-9,13-15,17-18H2/t19-/m0/s1. The maximum atomic E-state index is 14.0. The van der Waals surface area contributed by atoms with Crippen LogP contribution in [0.25, 0.3) is 5.52 Å². The molecule has 31 heavy (non-hydrogen) atoms. The van der Waals surface area contributed by atoms with Gasteiger partial charge in [-0.2, -0.15) is 0 Å². The second-order valence-corrected chi connectivity index (χ2v) is 8.87. The highest BCUT2D eigenvalue weighted by atomic mass is 19.1. The van der Waals surface area contributed by atoms with Crippen molar-refractivity contribution in [2.45, 2.75) is 37.5 Å². The zero-order valence-corrected chi connectivity index (χ0v) is 17.7. The molecule has 1 aromatic carbocycles. The fourth-order valence-corrected chi connectivity index (χ4v) is 5.34. The average molecular weight is 422 g/mol. The maximum absolute atomic E-state index is 14.0. The topological polar surface area (TPSA) is 46.8 Å². The molecule has 0 bridgehead atoms. The zero-order chi connectivity index (χ0) is 21.3. The van der Waals surface area contributed by atoms with Crippen LogP contribution in [0.1, 0.15) is 36.9 Å². The lowest BCUT2D eigenvalue weighted by Crippen LogP contribution is -2.47. The largest absolute Gasteiger partial charge is 0.379 e. The molecule has 3 aromatic rings. The number of benzene rings is 1. The Bertz CT molecular complexity index is 1070. The van der Waals surface area contributed by atoms with E-state index in [1.165, 1.54) is 6.07 Å². The number of halogens is 1. The molecule has 0 spiro atoms. The van der Waals surface area contributed by atoms with Gasteiger partial charge in [-0.05, 0) is 49.1 Å². The third-order valence-electron chi connectivity index (χ3n) is 6.88. The summed E-state index contributed by atoms with van der Waals surface area (Å²) in [6, 6.07) is 10.7. The van der Waals surface area contributed by atoms with Crippen molar-refractivity contribution < 1.29 is 13.9 Å². The van der Waals surface area contributed by atoms with Crippen LogP contribution in [0.3, 0.4) is 0 Å². The van der Waals surface area contributed by atoms with Crippen molar-refractivity contribution in [2.24, 2.45) is 5.92 Å². The highest BCUT2D eigenvalue weighted by Gasteiger charge is 2.45. The second-order valence-electron chi connectivity index (χ2n) is 8.87. The van der Waals surface area contributed by atoms with Gasteiger partial charge in [0, 0.05) is 37.6 Å². The summed E-state index contributed by atoms with van der Waals surface area (Å²) in [5.74, 6) is 0.0194. The van der Waals surface area contributed by atoms with Gasteiger partial charge in [-0.25, -0.2) is 4.39 Å². The molecule has 1 atom stereocenters. The predicted molar refractivity (Wildman–Crippen MR) is 116 cm³/mol. The van der Waals surface area contributed by atoms with Gasteiger partial charge in [0.2, 0.25) is 5.91 Å². The van der Waals surface area contributed by atoms with Gasteiger partial charge in [0.05, 0.1) is 29.8 Å². The molecule has 1 aliphatic carbocycles. The summed E-state index contributed by atoms with van der Waals surface area (Å²) in [5.41, 5.74) is 2.32. The van der Waals surface area contributed by atoms with Crippen LogP contribution in [0.15, 0.2) is 55.0 Å². The molecule has 2 aromatic heterocycles. The third kappa shape index (κ3) is 3.85. The van der Waals surface area contributed by atoms with E-state index in [0.29, 0.717) is 26.3 Å². The number of fused-ring (bicyclic) bond motifs is 1. The van der Waals surface area contributed by atoms with Crippen LogP contribution in [0.5, 0.6) is 0 Å². The number of hydrogen-bond acceptors (Lipinski definition) is 3. The minimum atomic E-state index is -0.614. The summed E-state index contributed by atoms with van der Waals surface area (Å²) >= 11 is 0. The van der Waals surface area contributed by atoms with Crippen molar-refractivity contribution in [2.75, 3.05) is 26.3 Å². The first kappa shape index (κ1) is 20.2.